The number of rotatable bonds is 3. The van der Waals surface area contributed by atoms with E-state index in [2.05, 4.69) is 5.32 Å². The van der Waals surface area contributed by atoms with E-state index in [-0.39, 0.29) is 5.56 Å². The first-order valence-corrected chi connectivity index (χ1v) is 6.37. The summed E-state index contributed by atoms with van der Waals surface area (Å²) in [6, 6.07) is 10.00. The average molecular weight is 272 g/mol. The summed E-state index contributed by atoms with van der Waals surface area (Å²) in [6.45, 7) is 4.03. The lowest BCUT2D eigenvalue weighted by molar-refractivity contribution is 0.0946. The summed E-state index contributed by atoms with van der Waals surface area (Å²) in [6.07, 6.45) is 0. The number of anilines is 1. The first-order valence-electron chi connectivity index (χ1n) is 6.37. The van der Waals surface area contributed by atoms with Gasteiger partial charge < -0.3 is 11.1 Å². The molecular weight excluding hydrogens is 255 g/mol. The van der Waals surface area contributed by atoms with Gasteiger partial charge in [0.25, 0.3) is 5.91 Å². The number of carbonyl (C=O) groups is 1. The highest BCUT2D eigenvalue weighted by Crippen LogP contribution is 2.16. The molecular formula is C16H17FN2O. The lowest BCUT2D eigenvalue weighted by Gasteiger charge is -2.10. The summed E-state index contributed by atoms with van der Waals surface area (Å²) in [7, 11) is 0. The number of carbonyl (C=O) groups excluding carboxylic acids is 1. The van der Waals surface area contributed by atoms with Crippen LogP contribution in [0.3, 0.4) is 0 Å². The molecule has 0 aromatic heterocycles. The van der Waals surface area contributed by atoms with Crippen LogP contribution in [0.4, 0.5) is 10.1 Å². The molecule has 0 fully saturated rings. The molecule has 0 aliphatic carbocycles. The Labute approximate surface area is 117 Å². The Morgan fingerprint density at radius 3 is 2.75 bits per heavy atom. The maximum Gasteiger partial charge on any atom is 0.254 e. The van der Waals surface area contributed by atoms with Crippen molar-refractivity contribution in [2.45, 2.75) is 20.4 Å². The van der Waals surface area contributed by atoms with Crippen molar-refractivity contribution in [2.24, 2.45) is 0 Å². The highest BCUT2D eigenvalue weighted by Gasteiger charge is 2.12. The van der Waals surface area contributed by atoms with Crippen LogP contribution in [0.25, 0.3) is 0 Å². The van der Waals surface area contributed by atoms with Crippen LogP contribution < -0.4 is 11.1 Å². The largest absolute Gasteiger partial charge is 0.399 e. The molecule has 0 aliphatic heterocycles. The summed E-state index contributed by atoms with van der Waals surface area (Å²) >= 11 is 0. The molecule has 2 aromatic rings. The van der Waals surface area contributed by atoms with Gasteiger partial charge in [-0.2, -0.15) is 0 Å². The van der Waals surface area contributed by atoms with Crippen LogP contribution >= 0.6 is 0 Å². The molecule has 0 saturated heterocycles. The van der Waals surface area contributed by atoms with Crippen LogP contribution in [0.2, 0.25) is 0 Å². The number of hydrogen-bond acceptors (Lipinski definition) is 2. The smallest absolute Gasteiger partial charge is 0.254 e. The van der Waals surface area contributed by atoms with E-state index in [9.17, 15) is 9.18 Å². The molecule has 2 rings (SSSR count). The van der Waals surface area contributed by atoms with Gasteiger partial charge in [-0.15, -0.1) is 0 Å². The molecule has 0 saturated carbocycles. The van der Waals surface area contributed by atoms with Gasteiger partial charge in [0.15, 0.2) is 0 Å². The Kier molecular flexibility index (Phi) is 4.03. The third-order valence-electron chi connectivity index (χ3n) is 3.29. The van der Waals surface area contributed by atoms with Crippen LogP contribution in [0.15, 0.2) is 36.4 Å². The van der Waals surface area contributed by atoms with Crippen LogP contribution in [0.5, 0.6) is 0 Å². The molecule has 4 heteroatoms. The van der Waals surface area contributed by atoms with E-state index in [0.29, 0.717) is 12.2 Å². The Hall–Kier alpha value is -2.36. The normalized spacial score (nSPS) is 10.3. The quantitative estimate of drug-likeness (QED) is 0.844. The number of aryl methyl sites for hydroxylation is 1. The van der Waals surface area contributed by atoms with Crippen LogP contribution in [-0.2, 0) is 6.54 Å². The van der Waals surface area contributed by atoms with Gasteiger partial charge in [-0.3, -0.25) is 4.79 Å². The zero-order valence-corrected chi connectivity index (χ0v) is 11.5. The second-order valence-corrected chi connectivity index (χ2v) is 4.80. The number of halogens is 1. The summed E-state index contributed by atoms with van der Waals surface area (Å²) in [4.78, 5) is 12.0. The van der Waals surface area contributed by atoms with Crippen LogP contribution in [0.1, 0.15) is 27.0 Å². The summed E-state index contributed by atoms with van der Waals surface area (Å²) in [5.74, 6) is -0.939. The van der Waals surface area contributed by atoms with Gasteiger partial charge in [-0.1, -0.05) is 23.8 Å². The van der Waals surface area contributed by atoms with Gasteiger partial charge in [0, 0.05) is 12.2 Å². The van der Waals surface area contributed by atoms with Crippen molar-refractivity contribution in [1.82, 2.24) is 5.32 Å². The number of nitrogen functional groups attached to an aromatic ring is 1. The van der Waals surface area contributed by atoms with Crippen molar-refractivity contribution >= 4 is 11.6 Å². The summed E-state index contributed by atoms with van der Waals surface area (Å²) in [5, 5.41) is 2.72. The predicted octanol–water partition coefficient (Wildman–Crippen LogP) is 2.95. The minimum Gasteiger partial charge on any atom is -0.399 e. The zero-order chi connectivity index (χ0) is 14.7. The van der Waals surface area contributed by atoms with Gasteiger partial charge in [0.2, 0.25) is 0 Å². The fourth-order valence-electron chi connectivity index (χ4n) is 1.98. The molecule has 3 nitrogen and oxygen atoms in total. The van der Waals surface area contributed by atoms with Gasteiger partial charge in [0.05, 0.1) is 5.56 Å². The molecule has 3 N–H and O–H groups in total. The predicted molar refractivity (Wildman–Crippen MR) is 77.9 cm³/mol. The van der Waals surface area contributed by atoms with E-state index in [1.54, 1.807) is 12.1 Å². The fraction of sp³-hybridized carbons (Fsp3) is 0.188. The van der Waals surface area contributed by atoms with Crippen molar-refractivity contribution in [3.8, 4) is 0 Å². The lowest BCUT2D eigenvalue weighted by Crippen LogP contribution is -2.24. The number of amides is 1. The number of hydrogen-bond donors (Lipinski definition) is 2. The molecule has 20 heavy (non-hydrogen) atoms. The molecule has 0 radical (unpaired) electrons. The van der Waals surface area contributed by atoms with Crippen molar-refractivity contribution in [2.75, 3.05) is 5.73 Å². The minimum absolute atomic E-state index is 0.0616. The van der Waals surface area contributed by atoms with Gasteiger partial charge >= 0.3 is 0 Å². The summed E-state index contributed by atoms with van der Waals surface area (Å²) < 4.78 is 13.6. The SMILES string of the molecule is Cc1ccc(F)c(C(=O)NCc2cccc(N)c2C)c1. The zero-order valence-electron chi connectivity index (χ0n) is 11.5. The van der Waals surface area contributed by atoms with E-state index in [0.717, 1.165) is 16.7 Å². The van der Waals surface area contributed by atoms with E-state index in [1.165, 1.54) is 12.1 Å². The number of nitrogens with one attached hydrogen (secondary N) is 1. The second kappa shape index (κ2) is 5.74. The molecule has 0 atom stereocenters. The highest BCUT2D eigenvalue weighted by molar-refractivity contribution is 5.94. The lowest BCUT2D eigenvalue weighted by atomic mass is 10.1. The average Bonchev–Trinajstić information content (AvgIpc) is 2.43. The maximum absolute atomic E-state index is 13.6. The minimum atomic E-state index is -0.516. The standard InChI is InChI=1S/C16H17FN2O/c1-10-6-7-14(17)13(8-10)16(20)19-9-12-4-3-5-15(18)11(12)2/h3-8H,9,18H2,1-2H3,(H,19,20). The van der Waals surface area contributed by atoms with Crippen molar-refractivity contribution in [3.05, 3.63) is 64.5 Å². The fourth-order valence-corrected chi connectivity index (χ4v) is 1.98. The van der Waals surface area contributed by atoms with Crippen molar-refractivity contribution < 1.29 is 9.18 Å². The Balaban J connectivity index is 2.13. The molecule has 2 aromatic carbocycles. The van der Waals surface area contributed by atoms with Crippen LogP contribution in [0, 0.1) is 19.7 Å². The van der Waals surface area contributed by atoms with Gasteiger partial charge in [-0.25, -0.2) is 4.39 Å². The molecule has 0 unspecified atom stereocenters. The Bertz CT molecular complexity index is 653. The second-order valence-electron chi connectivity index (χ2n) is 4.80. The topological polar surface area (TPSA) is 55.1 Å². The Morgan fingerprint density at radius 1 is 1.25 bits per heavy atom. The number of benzene rings is 2. The summed E-state index contributed by atoms with van der Waals surface area (Å²) in [5.41, 5.74) is 9.25. The third-order valence-corrected chi connectivity index (χ3v) is 3.29. The van der Waals surface area contributed by atoms with Crippen LogP contribution in [-0.4, -0.2) is 5.91 Å². The molecule has 0 aliphatic rings. The van der Waals surface area contributed by atoms with Crippen molar-refractivity contribution in [1.29, 1.82) is 0 Å². The number of nitrogens with two attached hydrogens (primary N) is 1. The Morgan fingerprint density at radius 2 is 2.00 bits per heavy atom. The highest BCUT2D eigenvalue weighted by atomic mass is 19.1. The monoisotopic (exact) mass is 272 g/mol. The molecule has 1 amide bonds. The molecule has 0 heterocycles. The molecule has 0 spiro atoms. The maximum atomic E-state index is 13.6. The van der Waals surface area contributed by atoms with Crippen molar-refractivity contribution in [3.63, 3.8) is 0 Å². The van der Waals surface area contributed by atoms with Gasteiger partial charge in [0.1, 0.15) is 5.82 Å². The molecule has 104 valence electrons. The van der Waals surface area contributed by atoms with E-state index < -0.39 is 11.7 Å². The van der Waals surface area contributed by atoms with E-state index in [4.69, 9.17) is 5.73 Å². The first kappa shape index (κ1) is 14.1. The van der Waals surface area contributed by atoms with E-state index in [1.807, 2.05) is 26.0 Å². The third kappa shape index (κ3) is 2.96. The van der Waals surface area contributed by atoms with Gasteiger partial charge in [-0.05, 0) is 43.2 Å². The first-order chi connectivity index (χ1) is 9.49. The molecule has 0 bridgehead atoms. The van der Waals surface area contributed by atoms with E-state index >= 15 is 0 Å².